The average molecular weight is 247 g/mol. The number of hydrogen-bond donors (Lipinski definition) is 0. The number of nitrogens with zero attached hydrogens (tertiary/aromatic N) is 1. The van der Waals surface area contributed by atoms with Crippen LogP contribution in [0.2, 0.25) is 0 Å². The van der Waals surface area contributed by atoms with Crippen molar-refractivity contribution in [3.05, 3.63) is 0 Å². The first-order chi connectivity index (χ1) is 7.21. The lowest BCUT2D eigenvalue weighted by Gasteiger charge is -2.24. The van der Waals surface area contributed by atoms with Crippen LogP contribution in [-0.4, -0.2) is 38.8 Å². The number of methoxy groups -OCH3 is 1. The van der Waals surface area contributed by atoms with Gasteiger partial charge in [0.1, 0.15) is 4.75 Å². The van der Waals surface area contributed by atoms with E-state index in [0.717, 1.165) is 0 Å². The summed E-state index contributed by atoms with van der Waals surface area (Å²) < 4.78 is 18.4. The Balaban J connectivity index is 2.78. The second kappa shape index (κ2) is 4.55. The van der Waals surface area contributed by atoms with E-state index in [1.807, 2.05) is 34.6 Å². The predicted octanol–water partition coefficient (Wildman–Crippen LogP) is 1.33. The molecule has 0 aromatic rings. The summed E-state index contributed by atoms with van der Waals surface area (Å²) in [6.07, 6.45) is 0. The molecule has 0 N–H and O–H groups in total. The first-order valence-corrected chi connectivity index (χ1v) is 6.60. The molecule has 1 aliphatic heterocycles. The Morgan fingerprint density at radius 3 is 2.25 bits per heavy atom. The zero-order valence-corrected chi connectivity index (χ0v) is 11.6. The summed E-state index contributed by atoms with van der Waals surface area (Å²) in [6.45, 7) is 9.79. The van der Waals surface area contributed by atoms with Gasteiger partial charge in [0, 0.05) is 11.4 Å². The fraction of sp³-hybridized carbons (Fsp3) is 0.909. The Morgan fingerprint density at radius 2 is 1.94 bits per heavy atom. The van der Waals surface area contributed by atoms with Crippen LogP contribution in [0, 0.1) is 5.92 Å². The standard InChI is InChI=1S/C11H21NO3S/c1-7(2)8-9(10(13)15-6)12(8)16(14)11(3,4)5/h7-9H,1-6H3. The van der Waals surface area contributed by atoms with E-state index in [0.29, 0.717) is 5.92 Å². The van der Waals surface area contributed by atoms with Gasteiger partial charge in [-0.05, 0) is 26.7 Å². The number of ether oxygens (including phenoxy) is 1. The molecule has 0 saturated carbocycles. The third kappa shape index (κ3) is 2.52. The van der Waals surface area contributed by atoms with E-state index in [4.69, 9.17) is 4.74 Å². The third-order valence-electron chi connectivity index (χ3n) is 2.64. The number of rotatable bonds is 3. The van der Waals surface area contributed by atoms with Crippen LogP contribution in [0.4, 0.5) is 0 Å². The van der Waals surface area contributed by atoms with Crippen molar-refractivity contribution in [3.8, 4) is 0 Å². The van der Waals surface area contributed by atoms with Gasteiger partial charge in [0.05, 0.1) is 13.2 Å². The summed E-state index contributed by atoms with van der Waals surface area (Å²) in [7, 11) is 1.37. The summed E-state index contributed by atoms with van der Waals surface area (Å²) in [6, 6.07) is -0.280. The van der Waals surface area contributed by atoms with E-state index in [-0.39, 0.29) is 22.8 Å². The maximum Gasteiger partial charge on any atom is 0.329 e. The summed E-state index contributed by atoms with van der Waals surface area (Å²) in [4.78, 5) is 11.5. The predicted molar refractivity (Wildman–Crippen MR) is 64.2 cm³/mol. The molecule has 0 radical (unpaired) electrons. The first kappa shape index (κ1) is 13.8. The van der Waals surface area contributed by atoms with Crippen molar-refractivity contribution in [1.29, 1.82) is 0 Å². The second-order valence-electron chi connectivity index (χ2n) is 5.42. The maximum absolute atomic E-state index is 12.2. The van der Waals surface area contributed by atoms with Gasteiger partial charge in [-0.15, -0.1) is 4.31 Å². The van der Waals surface area contributed by atoms with Crippen LogP contribution in [0.3, 0.4) is 0 Å². The highest BCUT2D eigenvalue weighted by Gasteiger charge is 2.64. The van der Waals surface area contributed by atoms with E-state index < -0.39 is 11.4 Å². The van der Waals surface area contributed by atoms with Gasteiger partial charge in [0.2, 0.25) is 0 Å². The lowest BCUT2D eigenvalue weighted by Crippen LogP contribution is -2.36. The molecule has 4 nitrogen and oxygen atoms in total. The van der Waals surface area contributed by atoms with Crippen molar-refractivity contribution in [2.24, 2.45) is 5.92 Å². The number of esters is 1. The van der Waals surface area contributed by atoms with Crippen LogP contribution >= 0.6 is 0 Å². The lowest BCUT2D eigenvalue weighted by molar-refractivity contribution is -0.140. The van der Waals surface area contributed by atoms with E-state index >= 15 is 0 Å². The van der Waals surface area contributed by atoms with Crippen LogP contribution in [0.1, 0.15) is 34.6 Å². The highest BCUT2D eigenvalue weighted by Crippen LogP contribution is 2.41. The second-order valence-corrected chi connectivity index (χ2v) is 7.57. The summed E-state index contributed by atoms with van der Waals surface area (Å²) in [5.74, 6) is 0.0201. The molecule has 1 aliphatic rings. The van der Waals surface area contributed by atoms with Gasteiger partial charge < -0.3 is 9.29 Å². The number of carbonyl (C=O) groups is 1. The molecule has 4 atom stereocenters. The zero-order chi connectivity index (χ0) is 12.7. The Morgan fingerprint density at radius 1 is 1.44 bits per heavy atom. The van der Waals surface area contributed by atoms with Crippen LogP contribution in [0.5, 0.6) is 0 Å². The third-order valence-corrected chi connectivity index (χ3v) is 4.54. The normalized spacial score (nSPS) is 31.4. The van der Waals surface area contributed by atoms with Gasteiger partial charge in [-0.2, -0.15) is 0 Å². The molecule has 94 valence electrons. The van der Waals surface area contributed by atoms with Gasteiger partial charge >= 0.3 is 5.97 Å². The fourth-order valence-electron chi connectivity index (χ4n) is 1.78. The molecule has 16 heavy (non-hydrogen) atoms. The largest absolute Gasteiger partial charge is 0.597 e. The van der Waals surface area contributed by atoms with E-state index in [1.165, 1.54) is 7.11 Å². The maximum atomic E-state index is 12.2. The molecule has 1 heterocycles. The average Bonchev–Trinajstić information content (AvgIpc) is 2.88. The topological polar surface area (TPSA) is 52.4 Å². The molecule has 1 fully saturated rings. The Kier molecular flexibility index (Phi) is 3.92. The molecule has 0 aromatic heterocycles. The highest BCUT2D eigenvalue weighted by atomic mass is 32.2. The highest BCUT2D eigenvalue weighted by molar-refractivity contribution is 7.90. The minimum atomic E-state index is -1.15. The number of hydrogen-bond acceptors (Lipinski definition) is 4. The summed E-state index contributed by atoms with van der Waals surface area (Å²) in [5.41, 5.74) is 0. The van der Waals surface area contributed by atoms with Crippen molar-refractivity contribution < 1.29 is 14.1 Å². The van der Waals surface area contributed by atoms with Crippen LogP contribution in [0.15, 0.2) is 0 Å². The quantitative estimate of drug-likeness (QED) is 0.429. The molecule has 0 amide bonds. The van der Waals surface area contributed by atoms with Crippen molar-refractivity contribution >= 4 is 17.3 Å². The van der Waals surface area contributed by atoms with Crippen LogP contribution < -0.4 is 0 Å². The van der Waals surface area contributed by atoms with Crippen molar-refractivity contribution in [1.82, 2.24) is 4.31 Å². The van der Waals surface area contributed by atoms with Gasteiger partial charge in [-0.25, -0.2) is 0 Å². The zero-order valence-electron chi connectivity index (χ0n) is 10.8. The molecule has 5 heteroatoms. The Hall–Kier alpha value is -0.260. The van der Waals surface area contributed by atoms with Gasteiger partial charge in [-0.1, -0.05) is 13.8 Å². The minimum Gasteiger partial charge on any atom is -0.597 e. The Bertz CT molecular complexity index is 275. The molecule has 1 rings (SSSR count). The van der Waals surface area contributed by atoms with E-state index in [2.05, 4.69) is 0 Å². The first-order valence-electron chi connectivity index (χ1n) is 5.50. The van der Waals surface area contributed by atoms with Gasteiger partial charge in [-0.3, -0.25) is 4.79 Å². The van der Waals surface area contributed by atoms with E-state index in [9.17, 15) is 9.35 Å². The summed E-state index contributed by atoms with van der Waals surface area (Å²) in [5, 5.41) is 0. The monoisotopic (exact) mass is 247 g/mol. The van der Waals surface area contributed by atoms with E-state index in [1.54, 1.807) is 4.31 Å². The summed E-state index contributed by atoms with van der Waals surface area (Å²) >= 11 is -1.15. The molecule has 0 spiro atoms. The molecule has 0 bridgehead atoms. The molecular weight excluding hydrogens is 226 g/mol. The number of carbonyl (C=O) groups excluding carboxylic acids is 1. The van der Waals surface area contributed by atoms with Crippen LogP contribution in [-0.2, 0) is 20.9 Å². The molecule has 0 aliphatic carbocycles. The van der Waals surface area contributed by atoms with Crippen molar-refractivity contribution in [2.75, 3.05) is 7.11 Å². The van der Waals surface area contributed by atoms with Crippen LogP contribution in [0.25, 0.3) is 0 Å². The fourth-order valence-corrected chi connectivity index (χ4v) is 3.36. The lowest BCUT2D eigenvalue weighted by atomic mass is 10.1. The van der Waals surface area contributed by atoms with Crippen molar-refractivity contribution in [2.45, 2.75) is 51.4 Å². The Labute approximate surface area is 101 Å². The molecule has 4 unspecified atom stereocenters. The molecule has 0 aromatic carbocycles. The molecular formula is C11H21NO3S. The minimum absolute atomic E-state index is 0.0486. The van der Waals surface area contributed by atoms with Crippen molar-refractivity contribution in [3.63, 3.8) is 0 Å². The smallest absolute Gasteiger partial charge is 0.329 e. The SMILES string of the molecule is COC(=O)C1C(C(C)C)N1[S+]([O-])C(C)(C)C. The van der Waals surface area contributed by atoms with Gasteiger partial charge in [0.15, 0.2) is 6.04 Å². The van der Waals surface area contributed by atoms with Gasteiger partial charge in [0.25, 0.3) is 0 Å². The molecule has 1 saturated heterocycles.